The SMILES string of the molecule is COCCOCC(=O)N1CCCCCCNC(=O)[C@@H]2C[C@@H](c3nc(Cc4ccccc4)no3)C[C@@H]21. The molecule has 2 amide bonds. The molecule has 2 aliphatic rings. The number of methoxy groups -OCH3 is 1. The van der Waals surface area contributed by atoms with Crippen molar-refractivity contribution in [3.05, 3.63) is 47.6 Å². The first-order valence-electron chi connectivity index (χ1n) is 12.7. The molecule has 3 atom stereocenters. The van der Waals surface area contributed by atoms with Crippen LogP contribution in [0.2, 0.25) is 0 Å². The second-order valence-corrected chi connectivity index (χ2v) is 9.39. The molecule has 1 aromatic carbocycles. The average Bonchev–Trinajstić information content (AvgIpc) is 3.50. The molecule has 9 heteroatoms. The van der Waals surface area contributed by atoms with Crippen LogP contribution in [0, 0.1) is 5.92 Å². The van der Waals surface area contributed by atoms with E-state index in [1.54, 1.807) is 7.11 Å². The minimum absolute atomic E-state index is 0.00141. The zero-order valence-corrected chi connectivity index (χ0v) is 20.5. The summed E-state index contributed by atoms with van der Waals surface area (Å²) in [4.78, 5) is 32.9. The second-order valence-electron chi connectivity index (χ2n) is 9.39. The van der Waals surface area contributed by atoms with Crippen LogP contribution in [0.15, 0.2) is 34.9 Å². The van der Waals surface area contributed by atoms with Gasteiger partial charge in [-0.25, -0.2) is 0 Å². The molecule has 2 heterocycles. The average molecular weight is 485 g/mol. The second kappa shape index (κ2) is 12.8. The van der Waals surface area contributed by atoms with Crippen LogP contribution in [-0.4, -0.2) is 72.9 Å². The quantitative estimate of drug-likeness (QED) is 0.574. The Morgan fingerprint density at radius 1 is 1.14 bits per heavy atom. The Labute approximate surface area is 206 Å². The van der Waals surface area contributed by atoms with E-state index in [-0.39, 0.29) is 36.3 Å². The van der Waals surface area contributed by atoms with Gasteiger partial charge in [-0.2, -0.15) is 4.98 Å². The molecule has 0 unspecified atom stereocenters. The normalized spacial score (nSPS) is 23.4. The lowest BCUT2D eigenvalue weighted by molar-refractivity contribution is -0.141. The highest BCUT2D eigenvalue weighted by Crippen LogP contribution is 2.41. The Hall–Kier alpha value is -2.78. The summed E-state index contributed by atoms with van der Waals surface area (Å²) < 4.78 is 16.2. The highest BCUT2D eigenvalue weighted by molar-refractivity contribution is 5.82. The molecule has 2 aromatic rings. The molecule has 1 aliphatic carbocycles. The number of ether oxygens (including phenoxy) is 2. The molecule has 4 rings (SSSR count). The van der Waals surface area contributed by atoms with E-state index in [0.29, 0.717) is 57.3 Å². The van der Waals surface area contributed by atoms with Gasteiger partial charge in [-0.15, -0.1) is 0 Å². The molecule has 1 aromatic heterocycles. The van der Waals surface area contributed by atoms with Crippen LogP contribution in [0.5, 0.6) is 0 Å². The molecule has 35 heavy (non-hydrogen) atoms. The third kappa shape index (κ3) is 6.89. The molecule has 1 saturated carbocycles. The first kappa shape index (κ1) is 25.3. The number of carbonyl (C=O) groups excluding carboxylic acids is 2. The van der Waals surface area contributed by atoms with E-state index in [1.165, 1.54) is 0 Å². The van der Waals surface area contributed by atoms with Gasteiger partial charge in [-0.05, 0) is 31.2 Å². The van der Waals surface area contributed by atoms with E-state index >= 15 is 0 Å². The summed E-state index contributed by atoms with van der Waals surface area (Å²) in [5, 5.41) is 7.27. The molecule has 1 saturated heterocycles. The number of rotatable bonds is 8. The van der Waals surface area contributed by atoms with E-state index < -0.39 is 0 Å². The molecule has 1 N–H and O–H groups in total. The smallest absolute Gasteiger partial charge is 0.248 e. The van der Waals surface area contributed by atoms with Gasteiger partial charge in [-0.1, -0.05) is 48.3 Å². The third-order valence-corrected chi connectivity index (χ3v) is 6.91. The summed E-state index contributed by atoms with van der Waals surface area (Å²) in [5.74, 6) is 0.711. The first-order chi connectivity index (χ1) is 17.2. The van der Waals surface area contributed by atoms with Crippen LogP contribution < -0.4 is 5.32 Å². The van der Waals surface area contributed by atoms with Crippen LogP contribution in [-0.2, 0) is 25.5 Å². The molecular weight excluding hydrogens is 448 g/mol. The monoisotopic (exact) mass is 484 g/mol. The summed E-state index contributed by atoms with van der Waals surface area (Å²) >= 11 is 0. The van der Waals surface area contributed by atoms with Crippen LogP contribution in [0.4, 0.5) is 0 Å². The van der Waals surface area contributed by atoms with Gasteiger partial charge in [0.15, 0.2) is 5.82 Å². The van der Waals surface area contributed by atoms with Crippen molar-refractivity contribution in [3.63, 3.8) is 0 Å². The van der Waals surface area contributed by atoms with Crippen molar-refractivity contribution in [2.24, 2.45) is 5.92 Å². The van der Waals surface area contributed by atoms with Crippen LogP contribution in [0.1, 0.15) is 61.7 Å². The lowest BCUT2D eigenvalue weighted by atomic mass is 10.00. The number of hydrogen-bond acceptors (Lipinski definition) is 7. The van der Waals surface area contributed by atoms with Crippen molar-refractivity contribution in [1.82, 2.24) is 20.4 Å². The minimum Gasteiger partial charge on any atom is -0.382 e. The number of fused-ring (bicyclic) bond motifs is 1. The third-order valence-electron chi connectivity index (χ3n) is 6.91. The topological polar surface area (TPSA) is 107 Å². The van der Waals surface area contributed by atoms with Gasteiger partial charge in [-0.3, -0.25) is 9.59 Å². The summed E-state index contributed by atoms with van der Waals surface area (Å²) in [6.07, 6.45) is 5.72. The first-order valence-corrected chi connectivity index (χ1v) is 12.7. The zero-order chi connectivity index (χ0) is 24.5. The van der Waals surface area contributed by atoms with E-state index in [0.717, 1.165) is 31.2 Å². The largest absolute Gasteiger partial charge is 0.382 e. The fourth-order valence-electron chi connectivity index (χ4n) is 5.09. The Bertz CT molecular complexity index is 950. The van der Waals surface area contributed by atoms with Crippen molar-refractivity contribution in [1.29, 1.82) is 0 Å². The van der Waals surface area contributed by atoms with Gasteiger partial charge in [0.25, 0.3) is 0 Å². The molecule has 2 fully saturated rings. The molecule has 0 spiro atoms. The molecule has 0 radical (unpaired) electrons. The maximum absolute atomic E-state index is 13.2. The molecule has 190 valence electrons. The lowest BCUT2D eigenvalue weighted by Crippen LogP contribution is -2.48. The van der Waals surface area contributed by atoms with Gasteiger partial charge in [0.1, 0.15) is 6.61 Å². The number of nitrogens with zero attached hydrogens (tertiary/aromatic N) is 3. The highest BCUT2D eigenvalue weighted by Gasteiger charge is 2.45. The zero-order valence-electron chi connectivity index (χ0n) is 20.5. The number of benzene rings is 1. The standard InChI is InChI=1S/C26H36N4O5/c1-33-13-14-34-18-24(31)30-12-8-3-2-7-11-27-25(32)21-16-20(17-22(21)30)26-28-23(29-35-26)15-19-9-5-4-6-10-19/h4-6,9-10,20-22H,2-3,7-8,11-18H2,1H3,(H,27,32)/t20-,21-,22+/m1/s1. The van der Waals surface area contributed by atoms with E-state index in [9.17, 15) is 9.59 Å². The van der Waals surface area contributed by atoms with E-state index in [4.69, 9.17) is 14.0 Å². The van der Waals surface area contributed by atoms with Crippen molar-refractivity contribution < 1.29 is 23.6 Å². The Morgan fingerprint density at radius 2 is 1.97 bits per heavy atom. The van der Waals surface area contributed by atoms with Gasteiger partial charge in [0.05, 0.1) is 19.1 Å². The van der Waals surface area contributed by atoms with E-state index in [2.05, 4.69) is 15.5 Å². The fraction of sp³-hybridized carbons (Fsp3) is 0.615. The minimum atomic E-state index is -0.314. The van der Waals surface area contributed by atoms with Crippen LogP contribution in [0.25, 0.3) is 0 Å². The van der Waals surface area contributed by atoms with Crippen molar-refractivity contribution in [2.75, 3.05) is 40.0 Å². The summed E-state index contributed by atoms with van der Waals surface area (Å²) in [7, 11) is 1.60. The Morgan fingerprint density at radius 3 is 2.80 bits per heavy atom. The van der Waals surface area contributed by atoms with Gasteiger partial charge in [0, 0.05) is 38.6 Å². The number of amides is 2. The summed E-state index contributed by atoms with van der Waals surface area (Å²) in [5.41, 5.74) is 1.11. The summed E-state index contributed by atoms with van der Waals surface area (Å²) in [6, 6.07) is 9.79. The number of nitrogens with one attached hydrogen (secondary N) is 1. The maximum Gasteiger partial charge on any atom is 0.248 e. The predicted octanol–water partition coefficient (Wildman–Crippen LogP) is 2.70. The van der Waals surface area contributed by atoms with Gasteiger partial charge < -0.3 is 24.2 Å². The molecular formula is C26H36N4O5. The van der Waals surface area contributed by atoms with Crippen molar-refractivity contribution in [3.8, 4) is 0 Å². The van der Waals surface area contributed by atoms with Crippen molar-refractivity contribution >= 4 is 11.8 Å². The molecule has 1 aliphatic heterocycles. The van der Waals surface area contributed by atoms with Gasteiger partial charge in [0.2, 0.25) is 17.7 Å². The van der Waals surface area contributed by atoms with Crippen LogP contribution >= 0.6 is 0 Å². The molecule has 9 nitrogen and oxygen atoms in total. The maximum atomic E-state index is 13.2. The molecule has 0 bridgehead atoms. The number of aromatic nitrogens is 2. The highest BCUT2D eigenvalue weighted by atomic mass is 16.5. The number of carbonyl (C=O) groups is 2. The number of hydrogen-bond donors (Lipinski definition) is 1. The van der Waals surface area contributed by atoms with Gasteiger partial charge >= 0.3 is 0 Å². The Kier molecular flexibility index (Phi) is 9.25. The Balaban J connectivity index is 1.49. The van der Waals surface area contributed by atoms with E-state index in [1.807, 2.05) is 35.2 Å². The summed E-state index contributed by atoms with van der Waals surface area (Å²) in [6.45, 7) is 2.08. The van der Waals surface area contributed by atoms with Crippen molar-refractivity contribution in [2.45, 2.75) is 56.9 Å². The lowest BCUT2D eigenvalue weighted by Gasteiger charge is -2.32. The van der Waals surface area contributed by atoms with Crippen LogP contribution in [0.3, 0.4) is 0 Å². The fourth-order valence-corrected chi connectivity index (χ4v) is 5.09. The predicted molar refractivity (Wildman–Crippen MR) is 129 cm³/mol.